The van der Waals surface area contributed by atoms with Crippen LogP contribution in [0.3, 0.4) is 0 Å². The van der Waals surface area contributed by atoms with Gasteiger partial charge in [-0.15, -0.1) is 11.3 Å². The number of carboxylic acid groups (broad SMARTS) is 1. The molecule has 0 aliphatic heterocycles. The number of carboxylic acids is 1. The van der Waals surface area contributed by atoms with Crippen LogP contribution in [0.4, 0.5) is 0 Å². The second-order valence-electron chi connectivity index (χ2n) is 5.45. The van der Waals surface area contributed by atoms with E-state index in [0.717, 1.165) is 29.9 Å². The highest BCUT2D eigenvalue weighted by atomic mass is 32.1. The largest absolute Gasteiger partial charge is 0.477 e. The van der Waals surface area contributed by atoms with Crippen LogP contribution in [0.1, 0.15) is 68.3 Å². The van der Waals surface area contributed by atoms with Crippen LogP contribution >= 0.6 is 11.3 Å². The van der Waals surface area contributed by atoms with E-state index in [0.29, 0.717) is 22.3 Å². The summed E-state index contributed by atoms with van der Waals surface area (Å²) in [6, 6.07) is 1.40. The molecular formula is C14H16N4O3S. The maximum atomic E-state index is 12.2. The summed E-state index contributed by atoms with van der Waals surface area (Å²) in [4.78, 5) is 27.6. The van der Waals surface area contributed by atoms with Crippen LogP contribution < -0.4 is 5.32 Å². The normalized spacial score (nSPS) is 15.5. The summed E-state index contributed by atoms with van der Waals surface area (Å²) in [5, 5.41) is 19.3. The Labute approximate surface area is 130 Å². The smallest absolute Gasteiger partial charge is 0.347 e. The average Bonchev–Trinajstić information content (AvgIpc) is 3.05. The Morgan fingerprint density at radius 3 is 2.82 bits per heavy atom. The molecule has 3 N–H and O–H groups in total. The molecule has 1 fully saturated rings. The molecule has 8 heteroatoms. The molecule has 0 bridgehead atoms. The second kappa shape index (κ2) is 5.53. The second-order valence-corrected chi connectivity index (χ2v) is 6.48. The van der Waals surface area contributed by atoms with Gasteiger partial charge in [-0.3, -0.25) is 9.89 Å². The molecule has 1 aliphatic rings. The third-order valence-corrected chi connectivity index (χ3v) is 4.90. The fourth-order valence-corrected chi connectivity index (χ4v) is 3.10. The molecule has 1 amide bonds. The predicted molar refractivity (Wildman–Crippen MR) is 80.3 cm³/mol. The van der Waals surface area contributed by atoms with Gasteiger partial charge in [0, 0.05) is 11.6 Å². The fourth-order valence-electron chi connectivity index (χ4n) is 2.19. The zero-order chi connectivity index (χ0) is 15.9. The first-order chi connectivity index (χ1) is 10.5. The van der Waals surface area contributed by atoms with E-state index in [1.807, 2.05) is 0 Å². The standard InChI is InChI=1S/C14H16N4O3S/c1-6-11(14(20)21)22-13(16-6)7(2)15-12(19)10-5-9(17-18-10)8-3-4-8/h5,7-8H,3-4H2,1-2H3,(H,15,19)(H,17,18)(H,20,21). The van der Waals surface area contributed by atoms with Crippen molar-refractivity contribution < 1.29 is 14.7 Å². The van der Waals surface area contributed by atoms with Gasteiger partial charge in [0.05, 0.1) is 11.7 Å². The first-order valence-corrected chi connectivity index (χ1v) is 7.84. The molecule has 1 aliphatic carbocycles. The highest BCUT2D eigenvalue weighted by Crippen LogP contribution is 2.39. The van der Waals surface area contributed by atoms with Gasteiger partial charge in [0.25, 0.3) is 5.91 Å². The van der Waals surface area contributed by atoms with Crippen LogP contribution in [0.15, 0.2) is 6.07 Å². The van der Waals surface area contributed by atoms with E-state index in [9.17, 15) is 9.59 Å². The number of aromatic amines is 1. The Balaban J connectivity index is 1.69. The lowest BCUT2D eigenvalue weighted by molar-refractivity contribution is 0.0701. The van der Waals surface area contributed by atoms with Crippen molar-refractivity contribution in [3.63, 3.8) is 0 Å². The lowest BCUT2D eigenvalue weighted by Crippen LogP contribution is -2.26. The Morgan fingerprint density at radius 2 is 2.23 bits per heavy atom. The molecule has 0 spiro atoms. The summed E-state index contributed by atoms with van der Waals surface area (Å²) >= 11 is 1.08. The summed E-state index contributed by atoms with van der Waals surface area (Å²) in [6.45, 7) is 3.42. The first-order valence-electron chi connectivity index (χ1n) is 7.02. The van der Waals surface area contributed by atoms with Gasteiger partial charge in [0.15, 0.2) is 0 Å². The third-order valence-electron chi connectivity index (χ3n) is 3.57. The van der Waals surface area contributed by atoms with Crippen molar-refractivity contribution in [1.29, 1.82) is 0 Å². The summed E-state index contributed by atoms with van der Waals surface area (Å²) in [6.07, 6.45) is 2.27. The zero-order valence-electron chi connectivity index (χ0n) is 12.2. The minimum Gasteiger partial charge on any atom is -0.477 e. The number of aryl methyl sites for hydroxylation is 1. The van der Waals surface area contributed by atoms with Crippen molar-refractivity contribution in [3.8, 4) is 0 Å². The minimum absolute atomic E-state index is 0.201. The van der Waals surface area contributed by atoms with Crippen LogP contribution in [-0.2, 0) is 0 Å². The summed E-state index contributed by atoms with van der Waals surface area (Å²) < 4.78 is 0. The Morgan fingerprint density at radius 1 is 1.50 bits per heavy atom. The number of aromatic carboxylic acids is 1. The van der Waals surface area contributed by atoms with E-state index in [1.54, 1.807) is 19.9 Å². The maximum absolute atomic E-state index is 12.2. The van der Waals surface area contributed by atoms with Gasteiger partial charge in [-0.1, -0.05) is 0 Å². The van der Waals surface area contributed by atoms with E-state index in [2.05, 4.69) is 20.5 Å². The van der Waals surface area contributed by atoms with Crippen molar-refractivity contribution >= 4 is 23.2 Å². The van der Waals surface area contributed by atoms with Gasteiger partial charge in [-0.2, -0.15) is 5.10 Å². The lowest BCUT2D eigenvalue weighted by Gasteiger charge is -2.09. The fraction of sp³-hybridized carbons (Fsp3) is 0.429. The van der Waals surface area contributed by atoms with Crippen molar-refractivity contribution in [2.45, 2.75) is 38.6 Å². The number of rotatable bonds is 5. The summed E-state index contributed by atoms with van der Waals surface area (Å²) in [7, 11) is 0. The lowest BCUT2D eigenvalue weighted by atomic mass is 10.2. The highest BCUT2D eigenvalue weighted by molar-refractivity contribution is 7.13. The predicted octanol–water partition coefficient (Wildman–Crippen LogP) is 2.24. The van der Waals surface area contributed by atoms with Crippen LogP contribution in [-0.4, -0.2) is 32.2 Å². The number of hydrogen-bond acceptors (Lipinski definition) is 5. The third kappa shape index (κ3) is 2.87. The molecule has 0 aromatic carbocycles. The molecule has 3 rings (SSSR count). The Hall–Kier alpha value is -2.22. The van der Waals surface area contributed by atoms with Gasteiger partial charge in [0.2, 0.25) is 0 Å². The van der Waals surface area contributed by atoms with Crippen LogP contribution in [0.25, 0.3) is 0 Å². The Bertz CT molecular complexity index is 732. The van der Waals surface area contributed by atoms with Gasteiger partial charge in [-0.05, 0) is 32.8 Å². The van der Waals surface area contributed by atoms with Gasteiger partial charge >= 0.3 is 5.97 Å². The van der Waals surface area contributed by atoms with E-state index in [-0.39, 0.29) is 16.8 Å². The molecule has 0 radical (unpaired) electrons. The molecule has 2 aromatic heterocycles. The molecule has 2 aromatic rings. The number of H-pyrrole nitrogens is 1. The molecule has 1 unspecified atom stereocenters. The number of carbonyl (C=O) groups is 2. The maximum Gasteiger partial charge on any atom is 0.347 e. The van der Waals surface area contributed by atoms with E-state index in [4.69, 9.17) is 5.11 Å². The molecule has 1 atom stereocenters. The molecule has 7 nitrogen and oxygen atoms in total. The van der Waals surface area contributed by atoms with Crippen molar-refractivity contribution in [2.75, 3.05) is 0 Å². The minimum atomic E-state index is -0.999. The molecule has 2 heterocycles. The topological polar surface area (TPSA) is 108 Å². The number of thiazole rings is 1. The van der Waals surface area contributed by atoms with Crippen molar-refractivity contribution in [3.05, 3.63) is 33.0 Å². The first kappa shape index (κ1) is 14.7. The van der Waals surface area contributed by atoms with E-state index < -0.39 is 5.97 Å². The SMILES string of the molecule is Cc1nc(C(C)NC(=O)c2cc(C3CC3)[nH]n2)sc1C(=O)O. The van der Waals surface area contributed by atoms with Crippen LogP contribution in [0.5, 0.6) is 0 Å². The molecule has 1 saturated carbocycles. The quantitative estimate of drug-likeness (QED) is 0.783. The number of amides is 1. The number of nitrogens with one attached hydrogen (secondary N) is 2. The molecule has 116 valence electrons. The number of hydrogen-bond donors (Lipinski definition) is 3. The van der Waals surface area contributed by atoms with E-state index >= 15 is 0 Å². The Kier molecular flexibility index (Phi) is 3.69. The monoisotopic (exact) mass is 320 g/mol. The number of nitrogens with zero attached hydrogens (tertiary/aromatic N) is 2. The van der Waals surface area contributed by atoms with E-state index in [1.165, 1.54) is 0 Å². The molecule has 0 saturated heterocycles. The van der Waals surface area contributed by atoms with Gasteiger partial charge in [0.1, 0.15) is 15.6 Å². The van der Waals surface area contributed by atoms with Crippen LogP contribution in [0.2, 0.25) is 0 Å². The molecule has 22 heavy (non-hydrogen) atoms. The van der Waals surface area contributed by atoms with Crippen molar-refractivity contribution in [1.82, 2.24) is 20.5 Å². The average molecular weight is 320 g/mol. The van der Waals surface area contributed by atoms with Crippen LogP contribution in [0, 0.1) is 6.92 Å². The van der Waals surface area contributed by atoms with Crippen molar-refractivity contribution in [2.24, 2.45) is 0 Å². The number of carbonyl (C=O) groups excluding carboxylic acids is 1. The summed E-state index contributed by atoms with van der Waals surface area (Å²) in [5.41, 5.74) is 1.81. The zero-order valence-corrected chi connectivity index (χ0v) is 13.0. The highest BCUT2D eigenvalue weighted by Gasteiger charge is 2.27. The molecular weight excluding hydrogens is 304 g/mol. The number of aromatic nitrogens is 3. The van der Waals surface area contributed by atoms with Gasteiger partial charge < -0.3 is 10.4 Å². The summed E-state index contributed by atoms with van der Waals surface area (Å²) in [5.74, 6) is -0.784. The van der Waals surface area contributed by atoms with Gasteiger partial charge in [-0.25, -0.2) is 9.78 Å².